The van der Waals surface area contributed by atoms with Gasteiger partial charge in [0.05, 0.1) is 12.6 Å². The topological polar surface area (TPSA) is 45.7 Å². The molecule has 6 heteroatoms. The first-order valence-corrected chi connectivity index (χ1v) is 7.60. The van der Waals surface area contributed by atoms with Gasteiger partial charge in [-0.05, 0) is 45.4 Å². The highest BCUT2D eigenvalue weighted by atomic mass is 19.1. The quantitative estimate of drug-likeness (QED) is 0.441. The summed E-state index contributed by atoms with van der Waals surface area (Å²) in [5.74, 6) is -0.336. The van der Waals surface area contributed by atoms with E-state index in [9.17, 15) is 8.78 Å². The van der Waals surface area contributed by atoms with Crippen LogP contribution in [0.4, 0.5) is 8.78 Å². The molecule has 4 nitrogen and oxygen atoms in total. The van der Waals surface area contributed by atoms with Gasteiger partial charge in [-0.3, -0.25) is 0 Å². The average molecular weight is 313 g/mol. The van der Waals surface area contributed by atoms with E-state index in [4.69, 9.17) is 4.74 Å². The van der Waals surface area contributed by atoms with Crippen LogP contribution in [-0.4, -0.2) is 31.8 Å². The summed E-state index contributed by atoms with van der Waals surface area (Å²) < 4.78 is 32.1. The Morgan fingerprint density at radius 2 is 2.05 bits per heavy atom. The van der Waals surface area contributed by atoms with Crippen molar-refractivity contribution in [2.75, 3.05) is 19.7 Å². The zero-order chi connectivity index (χ0) is 16.4. The molecular formula is C16H25F2N3O. The van der Waals surface area contributed by atoms with Crippen LogP contribution in [0.5, 0.6) is 0 Å². The number of ether oxygens (including phenoxy) is 1. The minimum absolute atomic E-state index is 0.0847. The fraction of sp³-hybridized carbons (Fsp3) is 0.562. The second-order valence-corrected chi connectivity index (χ2v) is 5.13. The van der Waals surface area contributed by atoms with Gasteiger partial charge >= 0.3 is 0 Å². The zero-order valence-corrected chi connectivity index (χ0v) is 13.5. The van der Waals surface area contributed by atoms with Crippen LogP contribution in [0, 0.1) is 11.6 Å². The number of benzene rings is 1. The highest BCUT2D eigenvalue weighted by Crippen LogP contribution is 2.10. The number of aliphatic imine (C=N–C) groups is 1. The molecule has 0 atom stereocenters. The molecule has 1 rings (SSSR count). The van der Waals surface area contributed by atoms with Gasteiger partial charge < -0.3 is 15.4 Å². The molecule has 22 heavy (non-hydrogen) atoms. The third kappa shape index (κ3) is 7.36. The molecule has 124 valence electrons. The molecule has 0 unspecified atom stereocenters. The Kier molecular flexibility index (Phi) is 8.43. The maximum Gasteiger partial charge on any atom is 0.191 e. The van der Waals surface area contributed by atoms with Gasteiger partial charge in [0, 0.05) is 25.3 Å². The van der Waals surface area contributed by atoms with Gasteiger partial charge in [0.2, 0.25) is 0 Å². The van der Waals surface area contributed by atoms with Gasteiger partial charge in [0.15, 0.2) is 5.96 Å². The second kappa shape index (κ2) is 10.1. The first kappa shape index (κ1) is 18.4. The Bertz CT molecular complexity index is 478. The number of guanidine groups is 1. The van der Waals surface area contributed by atoms with E-state index < -0.39 is 11.6 Å². The van der Waals surface area contributed by atoms with Crippen molar-refractivity contribution in [1.82, 2.24) is 10.6 Å². The Balaban J connectivity index is 2.49. The molecule has 2 N–H and O–H groups in total. The fourth-order valence-electron chi connectivity index (χ4n) is 1.77. The number of nitrogens with one attached hydrogen (secondary N) is 2. The normalized spacial score (nSPS) is 11.8. The Labute approximate surface area is 131 Å². The van der Waals surface area contributed by atoms with Gasteiger partial charge in [0.1, 0.15) is 11.6 Å². The maximum absolute atomic E-state index is 13.5. The monoisotopic (exact) mass is 313 g/mol. The lowest BCUT2D eigenvalue weighted by atomic mass is 10.2. The van der Waals surface area contributed by atoms with Gasteiger partial charge in [-0.2, -0.15) is 0 Å². The van der Waals surface area contributed by atoms with E-state index in [0.29, 0.717) is 25.7 Å². The summed E-state index contributed by atoms with van der Waals surface area (Å²) in [6.07, 6.45) is 1.06. The van der Waals surface area contributed by atoms with Crippen molar-refractivity contribution in [2.45, 2.75) is 39.8 Å². The number of halogens is 2. The van der Waals surface area contributed by atoms with Crippen LogP contribution >= 0.6 is 0 Å². The van der Waals surface area contributed by atoms with Gasteiger partial charge in [-0.15, -0.1) is 0 Å². The van der Waals surface area contributed by atoms with Crippen molar-refractivity contribution in [1.29, 1.82) is 0 Å². The maximum atomic E-state index is 13.5. The van der Waals surface area contributed by atoms with E-state index in [2.05, 4.69) is 15.6 Å². The molecule has 0 fully saturated rings. The summed E-state index contributed by atoms with van der Waals surface area (Å²) in [5.41, 5.74) is 0.236. The highest BCUT2D eigenvalue weighted by molar-refractivity contribution is 5.79. The van der Waals surface area contributed by atoms with Crippen LogP contribution in [0.2, 0.25) is 0 Å². The summed E-state index contributed by atoms with van der Waals surface area (Å²) in [7, 11) is 0. The summed E-state index contributed by atoms with van der Waals surface area (Å²) in [6, 6.07) is 3.38. The van der Waals surface area contributed by atoms with Crippen molar-refractivity contribution in [3.05, 3.63) is 35.4 Å². The second-order valence-electron chi connectivity index (χ2n) is 5.13. The molecule has 0 saturated heterocycles. The first-order valence-electron chi connectivity index (χ1n) is 7.60. The van der Waals surface area contributed by atoms with Crippen molar-refractivity contribution in [3.63, 3.8) is 0 Å². The van der Waals surface area contributed by atoms with Crippen LogP contribution in [0.15, 0.2) is 23.2 Å². The molecule has 1 aromatic carbocycles. The lowest BCUT2D eigenvalue weighted by Crippen LogP contribution is -2.38. The van der Waals surface area contributed by atoms with Gasteiger partial charge in [-0.25, -0.2) is 13.8 Å². The predicted octanol–water partition coefficient (Wildman–Crippen LogP) is 2.84. The van der Waals surface area contributed by atoms with Crippen molar-refractivity contribution < 1.29 is 13.5 Å². The summed E-state index contributed by atoms with van der Waals surface area (Å²) in [6.45, 7) is 8.08. The molecule has 1 aromatic rings. The number of hydrogen-bond donors (Lipinski definition) is 2. The van der Waals surface area contributed by atoms with E-state index in [0.717, 1.165) is 18.6 Å². The van der Waals surface area contributed by atoms with E-state index in [1.807, 2.05) is 20.8 Å². The molecule has 0 aliphatic heterocycles. The van der Waals surface area contributed by atoms with Crippen LogP contribution in [-0.2, 0) is 11.3 Å². The van der Waals surface area contributed by atoms with E-state index in [-0.39, 0.29) is 18.2 Å². The Hall–Kier alpha value is -1.69. The third-order valence-electron chi connectivity index (χ3n) is 2.82. The third-order valence-corrected chi connectivity index (χ3v) is 2.82. The van der Waals surface area contributed by atoms with E-state index in [1.54, 1.807) is 0 Å². The molecule has 0 saturated carbocycles. The minimum Gasteiger partial charge on any atom is -0.379 e. The highest BCUT2D eigenvalue weighted by Gasteiger charge is 2.04. The number of nitrogens with zero attached hydrogens (tertiary/aromatic N) is 1. The summed E-state index contributed by atoms with van der Waals surface area (Å²) in [4.78, 5) is 4.27. The van der Waals surface area contributed by atoms with Crippen molar-refractivity contribution in [3.8, 4) is 0 Å². The molecule has 0 bridgehead atoms. The largest absolute Gasteiger partial charge is 0.379 e. The van der Waals surface area contributed by atoms with Crippen LogP contribution in [0.25, 0.3) is 0 Å². The predicted molar refractivity (Wildman–Crippen MR) is 84.9 cm³/mol. The van der Waals surface area contributed by atoms with Crippen molar-refractivity contribution in [2.24, 2.45) is 4.99 Å². The Morgan fingerprint density at radius 1 is 1.27 bits per heavy atom. The van der Waals surface area contributed by atoms with Gasteiger partial charge in [-0.1, -0.05) is 0 Å². The van der Waals surface area contributed by atoms with Crippen LogP contribution < -0.4 is 10.6 Å². The molecule has 0 heterocycles. The van der Waals surface area contributed by atoms with Crippen LogP contribution in [0.3, 0.4) is 0 Å². The number of rotatable bonds is 8. The number of hydrogen-bond acceptors (Lipinski definition) is 2. The molecule has 0 spiro atoms. The van der Waals surface area contributed by atoms with E-state index >= 15 is 0 Å². The smallest absolute Gasteiger partial charge is 0.191 e. The van der Waals surface area contributed by atoms with Crippen molar-refractivity contribution >= 4 is 5.96 Å². The molecular weight excluding hydrogens is 288 g/mol. The Morgan fingerprint density at radius 3 is 2.73 bits per heavy atom. The fourth-order valence-corrected chi connectivity index (χ4v) is 1.77. The van der Waals surface area contributed by atoms with E-state index in [1.165, 1.54) is 6.07 Å². The molecule has 0 aromatic heterocycles. The SMILES string of the molecule is CCNC(=NCc1cc(F)ccc1F)NCCCOC(C)C. The molecule has 0 radical (unpaired) electrons. The average Bonchev–Trinajstić information content (AvgIpc) is 2.47. The van der Waals surface area contributed by atoms with Gasteiger partial charge in [0.25, 0.3) is 0 Å². The summed E-state index contributed by atoms with van der Waals surface area (Å²) in [5, 5.41) is 6.21. The molecule has 0 amide bonds. The minimum atomic E-state index is -0.463. The lowest BCUT2D eigenvalue weighted by molar-refractivity contribution is 0.0776. The first-order chi connectivity index (χ1) is 10.5. The molecule has 0 aliphatic rings. The molecule has 0 aliphatic carbocycles. The van der Waals surface area contributed by atoms with Crippen LogP contribution in [0.1, 0.15) is 32.8 Å². The summed E-state index contributed by atoms with van der Waals surface area (Å²) >= 11 is 0. The lowest BCUT2D eigenvalue weighted by Gasteiger charge is -2.12. The zero-order valence-electron chi connectivity index (χ0n) is 13.5. The standard InChI is InChI=1S/C16H25F2N3O/c1-4-19-16(20-8-5-9-22-12(2)3)21-11-13-10-14(17)6-7-15(13)18/h6-7,10,12H,4-5,8-9,11H2,1-3H3,(H2,19,20,21).